The molecule has 1 fully saturated rings. The molecule has 0 N–H and O–H groups in total. The maximum Gasteiger partial charge on any atom is 0.0468 e. The van der Waals surface area contributed by atoms with E-state index >= 15 is 0 Å². The van der Waals surface area contributed by atoms with Crippen LogP contribution >= 0.6 is 0 Å². The summed E-state index contributed by atoms with van der Waals surface area (Å²) in [5.74, 6) is 0. The molecule has 0 spiro atoms. The van der Waals surface area contributed by atoms with Gasteiger partial charge in [0.15, 0.2) is 0 Å². The van der Waals surface area contributed by atoms with Crippen molar-refractivity contribution >= 4 is 0 Å². The van der Waals surface area contributed by atoms with E-state index in [0.717, 1.165) is 0 Å². The Morgan fingerprint density at radius 1 is 1.00 bits per heavy atom. The van der Waals surface area contributed by atoms with Gasteiger partial charge in [-0.15, -0.1) is 0 Å². The van der Waals surface area contributed by atoms with E-state index in [1.807, 2.05) is 6.20 Å². The normalized spacial score (nSPS) is 17.5. The maximum absolute atomic E-state index is 4.56. The van der Waals surface area contributed by atoms with E-state index in [4.69, 9.17) is 0 Å². The van der Waals surface area contributed by atoms with Gasteiger partial charge in [-0.05, 0) is 36.1 Å². The lowest BCUT2D eigenvalue weighted by atomic mass is 9.68. The summed E-state index contributed by atoms with van der Waals surface area (Å²) in [4.78, 5) is 4.56. The van der Waals surface area contributed by atoms with Crippen LogP contribution in [0, 0.1) is 0 Å². The van der Waals surface area contributed by atoms with Crippen molar-refractivity contribution in [1.82, 2.24) is 4.98 Å². The zero-order chi connectivity index (χ0) is 11.7. The first-order chi connectivity index (χ1) is 8.28. The van der Waals surface area contributed by atoms with Gasteiger partial charge in [-0.1, -0.05) is 43.7 Å². The summed E-state index contributed by atoms with van der Waals surface area (Å²) in [6.45, 7) is 2.33. The molecule has 3 rings (SSSR count). The lowest BCUT2D eigenvalue weighted by molar-refractivity contribution is 0.264. The molecule has 1 aromatic heterocycles. The summed E-state index contributed by atoms with van der Waals surface area (Å²) < 4.78 is 0. The van der Waals surface area contributed by atoms with E-state index in [2.05, 4.69) is 54.4 Å². The smallest absolute Gasteiger partial charge is 0.0468 e. The summed E-state index contributed by atoms with van der Waals surface area (Å²) in [5, 5.41) is 0. The third kappa shape index (κ3) is 1.86. The number of hydrogen-bond donors (Lipinski definition) is 0. The monoisotopic (exact) mass is 223 g/mol. The quantitative estimate of drug-likeness (QED) is 0.744. The average Bonchev–Trinajstić information content (AvgIpc) is 2.37. The first-order valence-corrected chi connectivity index (χ1v) is 6.30. The van der Waals surface area contributed by atoms with Crippen molar-refractivity contribution in [2.45, 2.75) is 31.6 Å². The molecule has 1 aliphatic rings. The van der Waals surface area contributed by atoms with Crippen LogP contribution in [0.25, 0.3) is 11.1 Å². The molecular formula is C16H17N. The SMILES string of the molecule is CC1(c2cc(-c3ccccc3)ccn2)CCC1. The lowest BCUT2D eigenvalue weighted by Gasteiger charge is -2.37. The van der Waals surface area contributed by atoms with Gasteiger partial charge in [0.1, 0.15) is 0 Å². The summed E-state index contributed by atoms with van der Waals surface area (Å²) in [5.41, 5.74) is 4.14. The fourth-order valence-electron chi connectivity index (χ4n) is 2.53. The molecule has 1 aromatic carbocycles. The zero-order valence-electron chi connectivity index (χ0n) is 10.2. The van der Waals surface area contributed by atoms with E-state index in [1.165, 1.54) is 36.1 Å². The predicted molar refractivity (Wildman–Crippen MR) is 70.9 cm³/mol. The Labute approximate surface area is 103 Å². The van der Waals surface area contributed by atoms with Crippen molar-refractivity contribution in [3.8, 4) is 11.1 Å². The Morgan fingerprint density at radius 3 is 2.41 bits per heavy atom. The van der Waals surface area contributed by atoms with Crippen LogP contribution in [-0.4, -0.2) is 4.98 Å². The van der Waals surface area contributed by atoms with Crippen LogP contribution in [0.1, 0.15) is 31.9 Å². The maximum atomic E-state index is 4.56. The molecule has 1 nitrogen and oxygen atoms in total. The van der Waals surface area contributed by atoms with Crippen molar-refractivity contribution in [3.63, 3.8) is 0 Å². The minimum absolute atomic E-state index is 0.324. The molecular weight excluding hydrogens is 206 g/mol. The lowest BCUT2D eigenvalue weighted by Crippen LogP contribution is -2.31. The molecule has 17 heavy (non-hydrogen) atoms. The molecule has 1 saturated carbocycles. The molecule has 0 aliphatic heterocycles. The first-order valence-electron chi connectivity index (χ1n) is 6.30. The van der Waals surface area contributed by atoms with Crippen LogP contribution in [0.3, 0.4) is 0 Å². The summed E-state index contributed by atoms with van der Waals surface area (Å²) in [7, 11) is 0. The Morgan fingerprint density at radius 2 is 1.76 bits per heavy atom. The van der Waals surface area contributed by atoms with Gasteiger partial charge in [0, 0.05) is 17.3 Å². The number of benzene rings is 1. The van der Waals surface area contributed by atoms with Crippen LogP contribution in [0.5, 0.6) is 0 Å². The van der Waals surface area contributed by atoms with Gasteiger partial charge in [-0.3, -0.25) is 4.98 Å². The van der Waals surface area contributed by atoms with Crippen LogP contribution in [-0.2, 0) is 5.41 Å². The summed E-state index contributed by atoms with van der Waals surface area (Å²) >= 11 is 0. The minimum atomic E-state index is 0.324. The molecule has 0 bridgehead atoms. The largest absolute Gasteiger partial charge is 0.261 e. The number of aromatic nitrogens is 1. The van der Waals surface area contributed by atoms with Gasteiger partial charge in [-0.25, -0.2) is 0 Å². The van der Waals surface area contributed by atoms with Gasteiger partial charge in [-0.2, -0.15) is 0 Å². The number of pyridine rings is 1. The van der Waals surface area contributed by atoms with E-state index < -0.39 is 0 Å². The number of nitrogens with zero attached hydrogens (tertiary/aromatic N) is 1. The Bertz CT molecular complexity index is 512. The Kier molecular flexibility index (Phi) is 2.47. The molecule has 0 saturated heterocycles. The van der Waals surface area contributed by atoms with E-state index in [1.54, 1.807) is 0 Å². The molecule has 1 heterocycles. The molecule has 0 atom stereocenters. The van der Waals surface area contributed by atoms with Crippen LogP contribution in [0.2, 0.25) is 0 Å². The minimum Gasteiger partial charge on any atom is -0.261 e. The second-order valence-electron chi connectivity index (χ2n) is 5.21. The Hall–Kier alpha value is -1.63. The molecule has 0 radical (unpaired) electrons. The standard InChI is InChI=1S/C16H17N/c1-16(9-5-10-16)15-12-14(8-11-17-15)13-6-3-2-4-7-13/h2-4,6-8,11-12H,5,9-10H2,1H3. The molecule has 1 aliphatic carbocycles. The van der Waals surface area contributed by atoms with Gasteiger partial charge in [0.2, 0.25) is 0 Å². The number of rotatable bonds is 2. The van der Waals surface area contributed by atoms with Gasteiger partial charge >= 0.3 is 0 Å². The van der Waals surface area contributed by atoms with Gasteiger partial charge < -0.3 is 0 Å². The highest BCUT2D eigenvalue weighted by Gasteiger charge is 2.34. The summed E-state index contributed by atoms with van der Waals surface area (Å²) in [6, 6.07) is 14.9. The van der Waals surface area contributed by atoms with E-state index in [0.29, 0.717) is 5.41 Å². The second kappa shape index (κ2) is 3.99. The summed E-state index contributed by atoms with van der Waals surface area (Å²) in [6.07, 6.45) is 5.84. The van der Waals surface area contributed by atoms with Crippen molar-refractivity contribution in [3.05, 3.63) is 54.4 Å². The fourth-order valence-corrected chi connectivity index (χ4v) is 2.53. The van der Waals surface area contributed by atoms with Crippen LogP contribution < -0.4 is 0 Å². The fraction of sp³-hybridized carbons (Fsp3) is 0.312. The molecule has 1 heteroatoms. The Balaban J connectivity index is 2.00. The first kappa shape index (κ1) is 10.5. The highest BCUT2D eigenvalue weighted by molar-refractivity contribution is 5.63. The third-order valence-corrected chi connectivity index (χ3v) is 3.94. The van der Waals surface area contributed by atoms with Crippen LogP contribution in [0.15, 0.2) is 48.7 Å². The van der Waals surface area contributed by atoms with E-state index in [9.17, 15) is 0 Å². The zero-order valence-corrected chi connectivity index (χ0v) is 10.2. The van der Waals surface area contributed by atoms with E-state index in [-0.39, 0.29) is 0 Å². The van der Waals surface area contributed by atoms with Gasteiger partial charge in [0.05, 0.1) is 0 Å². The predicted octanol–water partition coefficient (Wildman–Crippen LogP) is 4.19. The van der Waals surface area contributed by atoms with Crippen molar-refractivity contribution < 1.29 is 0 Å². The molecule has 0 unspecified atom stereocenters. The molecule has 0 amide bonds. The van der Waals surface area contributed by atoms with Gasteiger partial charge in [0.25, 0.3) is 0 Å². The van der Waals surface area contributed by atoms with Crippen LogP contribution in [0.4, 0.5) is 0 Å². The molecule has 86 valence electrons. The van der Waals surface area contributed by atoms with Crippen molar-refractivity contribution in [2.75, 3.05) is 0 Å². The molecule has 2 aromatic rings. The highest BCUT2D eigenvalue weighted by Crippen LogP contribution is 2.42. The number of hydrogen-bond acceptors (Lipinski definition) is 1. The van der Waals surface area contributed by atoms with Crippen molar-refractivity contribution in [2.24, 2.45) is 0 Å². The third-order valence-electron chi connectivity index (χ3n) is 3.94. The van der Waals surface area contributed by atoms with Crippen molar-refractivity contribution in [1.29, 1.82) is 0 Å². The highest BCUT2D eigenvalue weighted by atomic mass is 14.7. The average molecular weight is 223 g/mol. The topological polar surface area (TPSA) is 12.9 Å². The second-order valence-corrected chi connectivity index (χ2v) is 5.21.